The quantitative estimate of drug-likeness (QED) is 0.591. The molecular weight excluding hydrogens is 426 g/mol. The molecule has 2 aliphatic rings. The van der Waals surface area contributed by atoms with Gasteiger partial charge in [-0.25, -0.2) is 4.79 Å². The van der Waals surface area contributed by atoms with Crippen LogP contribution in [0.4, 0.5) is 4.79 Å². The third kappa shape index (κ3) is 5.16. The Bertz CT molecular complexity index is 907. The van der Waals surface area contributed by atoms with Gasteiger partial charge >= 0.3 is 6.03 Å². The number of fused-ring (bicyclic) bond motifs is 1. The number of rotatable bonds is 8. The van der Waals surface area contributed by atoms with E-state index in [4.69, 9.17) is 0 Å². The van der Waals surface area contributed by atoms with E-state index < -0.39 is 23.5 Å². The van der Waals surface area contributed by atoms with Gasteiger partial charge in [0.25, 0.3) is 0 Å². The topological polar surface area (TPSA) is 78.5 Å². The Morgan fingerprint density at radius 1 is 1.12 bits per heavy atom. The van der Waals surface area contributed by atoms with Gasteiger partial charge in [-0.05, 0) is 41.1 Å². The van der Waals surface area contributed by atoms with Gasteiger partial charge in [0.05, 0.1) is 6.04 Å². The van der Waals surface area contributed by atoms with E-state index in [9.17, 15) is 14.4 Å². The molecule has 1 saturated carbocycles. The number of carbonyl (C=O) groups is 3. The monoisotopic (exact) mass is 469 g/mol. The smallest absolute Gasteiger partial charge is 0.316 e. The van der Waals surface area contributed by atoms with Crippen LogP contribution in [0.15, 0.2) is 30.3 Å². The SMILES string of the molecule is CCC1(C)C2CN(C(=O)C(NC(=O)NC(C(=O)Cc3ccccc3)C(C)C)C(C)(C)C)C(C)C21. The summed E-state index contributed by atoms with van der Waals surface area (Å²) in [5, 5.41) is 5.79. The summed E-state index contributed by atoms with van der Waals surface area (Å²) in [6.07, 6.45) is 1.39. The van der Waals surface area contributed by atoms with Crippen molar-refractivity contribution in [3.8, 4) is 0 Å². The van der Waals surface area contributed by atoms with Crippen LogP contribution in [0.25, 0.3) is 0 Å². The molecule has 2 N–H and O–H groups in total. The highest BCUT2D eigenvalue weighted by Gasteiger charge is 2.68. The van der Waals surface area contributed by atoms with Gasteiger partial charge < -0.3 is 15.5 Å². The molecule has 2 fully saturated rings. The number of urea groups is 1. The predicted octanol–water partition coefficient (Wildman–Crippen LogP) is 4.43. The van der Waals surface area contributed by atoms with Gasteiger partial charge in [-0.15, -0.1) is 0 Å². The first-order chi connectivity index (χ1) is 15.8. The largest absolute Gasteiger partial charge is 0.338 e. The zero-order chi connectivity index (χ0) is 25.4. The Labute approximate surface area is 205 Å². The lowest BCUT2D eigenvalue weighted by Crippen LogP contribution is -2.60. The number of benzene rings is 1. The maximum atomic E-state index is 13.6. The summed E-state index contributed by atoms with van der Waals surface area (Å²) in [5.41, 5.74) is 0.793. The molecule has 6 unspecified atom stereocenters. The summed E-state index contributed by atoms with van der Waals surface area (Å²) in [7, 11) is 0. The predicted molar refractivity (Wildman–Crippen MR) is 135 cm³/mol. The zero-order valence-electron chi connectivity index (χ0n) is 22.1. The number of carbonyl (C=O) groups excluding carboxylic acids is 3. The molecule has 0 bridgehead atoms. The van der Waals surface area contributed by atoms with E-state index in [1.54, 1.807) is 0 Å². The van der Waals surface area contributed by atoms with Crippen molar-refractivity contribution in [3.05, 3.63) is 35.9 Å². The first-order valence-electron chi connectivity index (χ1n) is 12.7. The molecule has 1 saturated heterocycles. The van der Waals surface area contributed by atoms with E-state index in [2.05, 4.69) is 31.4 Å². The van der Waals surface area contributed by atoms with Crippen LogP contribution < -0.4 is 10.6 Å². The number of hydrogen-bond donors (Lipinski definition) is 2. The van der Waals surface area contributed by atoms with Crippen molar-refractivity contribution in [2.75, 3.05) is 6.54 Å². The lowest BCUT2D eigenvalue weighted by atomic mass is 9.85. The van der Waals surface area contributed by atoms with Gasteiger partial charge in [0.15, 0.2) is 5.78 Å². The number of nitrogens with zero attached hydrogens (tertiary/aromatic N) is 1. The fourth-order valence-corrected chi connectivity index (χ4v) is 5.92. The minimum absolute atomic E-state index is 0.0301. The maximum absolute atomic E-state index is 13.6. The van der Waals surface area contributed by atoms with Crippen LogP contribution in [0.1, 0.15) is 67.4 Å². The first-order valence-corrected chi connectivity index (χ1v) is 12.7. The lowest BCUT2D eigenvalue weighted by molar-refractivity contribution is -0.137. The highest BCUT2D eigenvalue weighted by molar-refractivity contribution is 5.92. The van der Waals surface area contributed by atoms with Gasteiger partial charge in [0.2, 0.25) is 5.91 Å². The fraction of sp³-hybridized carbons (Fsp3) is 0.679. The molecule has 188 valence electrons. The Hall–Kier alpha value is -2.37. The summed E-state index contributed by atoms with van der Waals surface area (Å²) in [6.45, 7) is 17.2. The maximum Gasteiger partial charge on any atom is 0.316 e. The van der Waals surface area contributed by atoms with E-state index >= 15 is 0 Å². The van der Waals surface area contributed by atoms with Crippen LogP contribution in [-0.4, -0.2) is 47.3 Å². The molecule has 1 aliphatic heterocycles. The highest BCUT2D eigenvalue weighted by atomic mass is 16.2. The standard InChI is InChI=1S/C28H43N3O3/c1-9-28(8)20-16-31(18(4)22(20)28)25(33)24(27(5,6)7)30-26(34)29-23(17(2)3)21(32)15-19-13-11-10-12-14-19/h10-14,17-18,20,22-24H,9,15-16H2,1-8H3,(H2,29,30,34). The van der Waals surface area contributed by atoms with Crippen LogP contribution in [0.3, 0.4) is 0 Å². The Balaban J connectivity index is 1.67. The molecule has 0 aromatic heterocycles. The van der Waals surface area contributed by atoms with Gasteiger partial charge in [0.1, 0.15) is 6.04 Å². The molecule has 3 amide bonds. The number of nitrogens with one attached hydrogen (secondary N) is 2. The van der Waals surface area contributed by atoms with Crippen molar-refractivity contribution >= 4 is 17.7 Å². The van der Waals surface area contributed by atoms with Crippen molar-refractivity contribution < 1.29 is 14.4 Å². The molecule has 6 heteroatoms. The van der Waals surface area contributed by atoms with Gasteiger partial charge in [-0.3, -0.25) is 9.59 Å². The van der Waals surface area contributed by atoms with Crippen LogP contribution in [0.5, 0.6) is 0 Å². The second-order valence-electron chi connectivity index (χ2n) is 12.0. The molecule has 0 radical (unpaired) electrons. The van der Waals surface area contributed by atoms with Crippen LogP contribution >= 0.6 is 0 Å². The Kier molecular flexibility index (Phi) is 7.49. The summed E-state index contributed by atoms with van der Waals surface area (Å²) in [5.74, 6) is 0.950. The second kappa shape index (κ2) is 9.71. The second-order valence-corrected chi connectivity index (χ2v) is 12.0. The molecular formula is C28H43N3O3. The first kappa shape index (κ1) is 26.2. The number of hydrogen-bond acceptors (Lipinski definition) is 3. The number of piperidine rings is 1. The van der Waals surface area contributed by atoms with Crippen molar-refractivity contribution in [2.24, 2.45) is 28.6 Å². The number of ketones is 1. The molecule has 1 aromatic carbocycles. The number of amides is 3. The van der Waals surface area contributed by atoms with Gasteiger partial charge in [-0.2, -0.15) is 0 Å². The van der Waals surface area contributed by atoms with Crippen LogP contribution in [0.2, 0.25) is 0 Å². The van der Waals surface area contributed by atoms with Crippen molar-refractivity contribution in [3.63, 3.8) is 0 Å². The number of Topliss-reactive ketones (excluding diaryl/α,β-unsaturated/α-hetero) is 1. The molecule has 3 rings (SSSR count). The van der Waals surface area contributed by atoms with Gasteiger partial charge in [-0.1, -0.05) is 85.2 Å². The Morgan fingerprint density at radius 2 is 1.74 bits per heavy atom. The highest BCUT2D eigenvalue weighted by Crippen LogP contribution is 2.66. The third-order valence-electron chi connectivity index (χ3n) is 8.29. The summed E-state index contributed by atoms with van der Waals surface area (Å²) in [6, 6.07) is 7.95. The molecule has 1 aliphatic carbocycles. The third-order valence-corrected chi connectivity index (χ3v) is 8.29. The van der Waals surface area contributed by atoms with Crippen LogP contribution in [-0.2, 0) is 16.0 Å². The molecule has 6 nitrogen and oxygen atoms in total. The molecule has 6 atom stereocenters. The zero-order valence-corrected chi connectivity index (χ0v) is 22.1. The molecule has 1 heterocycles. The van der Waals surface area contributed by atoms with E-state index in [0.29, 0.717) is 17.3 Å². The summed E-state index contributed by atoms with van der Waals surface area (Å²) in [4.78, 5) is 41.6. The summed E-state index contributed by atoms with van der Waals surface area (Å²) < 4.78 is 0. The van der Waals surface area contributed by atoms with Crippen LogP contribution in [0, 0.1) is 28.6 Å². The normalized spacial score (nSPS) is 27.7. The van der Waals surface area contributed by atoms with E-state index in [0.717, 1.165) is 18.5 Å². The number of likely N-dealkylation sites (tertiary alicyclic amines) is 1. The molecule has 0 spiro atoms. The minimum Gasteiger partial charge on any atom is -0.338 e. The summed E-state index contributed by atoms with van der Waals surface area (Å²) >= 11 is 0. The van der Waals surface area contributed by atoms with Crippen molar-refractivity contribution in [1.82, 2.24) is 15.5 Å². The minimum atomic E-state index is -0.669. The van der Waals surface area contributed by atoms with Gasteiger partial charge in [0, 0.05) is 19.0 Å². The van der Waals surface area contributed by atoms with Crippen molar-refractivity contribution in [2.45, 2.75) is 86.4 Å². The van der Waals surface area contributed by atoms with E-state index in [1.807, 2.05) is 69.9 Å². The van der Waals surface area contributed by atoms with E-state index in [-0.39, 0.29) is 30.1 Å². The van der Waals surface area contributed by atoms with E-state index in [1.165, 1.54) is 0 Å². The fourth-order valence-electron chi connectivity index (χ4n) is 5.92. The molecule has 1 aromatic rings. The average Bonchev–Trinajstić information content (AvgIpc) is 3.18. The average molecular weight is 470 g/mol. The lowest BCUT2D eigenvalue weighted by Gasteiger charge is -2.37. The van der Waals surface area contributed by atoms with Crippen molar-refractivity contribution in [1.29, 1.82) is 0 Å². The molecule has 34 heavy (non-hydrogen) atoms. The Morgan fingerprint density at radius 3 is 2.21 bits per heavy atom.